The molecule has 8 heteroatoms. The molecule has 0 bridgehead atoms. The molecule has 0 aromatic rings. The van der Waals surface area contributed by atoms with E-state index in [4.69, 9.17) is 11.6 Å². The topological polar surface area (TPSA) is 86.7 Å². The van der Waals surface area contributed by atoms with E-state index < -0.39 is 11.9 Å². The summed E-state index contributed by atoms with van der Waals surface area (Å²) in [6, 6.07) is 0. The molecule has 0 N–H and O–H groups in total. The number of Topliss-reactive ketones (excluding diaryl/α,β-unsaturated/α-hetero) is 2. The zero-order chi connectivity index (χ0) is 19.2. The van der Waals surface area contributed by atoms with Crippen LogP contribution in [0, 0.1) is 0 Å². The van der Waals surface area contributed by atoms with E-state index in [2.05, 4.69) is 9.47 Å². The second-order valence-electron chi connectivity index (χ2n) is 5.58. The molecule has 6 nitrogen and oxygen atoms in total. The molecule has 24 heavy (non-hydrogen) atoms. The Morgan fingerprint density at radius 1 is 0.875 bits per heavy atom. The Bertz CT molecular complexity index is 417. The van der Waals surface area contributed by atoms with E-state index in [-0.39, 0.29) is 35.0 Å². The zero-order valence-corrected chi connectivity index (χ0v) is 16.6. The van der Waals surface area contributed by atoms with Crippen molar-refractivity contribution >= 4 is 46.9 Å². The van der Waals surface area contributed by atoms with Gasteiger partial charge in [0.15, 0.2) is 11.6 Å². The minimum Gasteiger partial charge on any atom is -0.466 e. The van der Waals surface area contributed by atoms with E-state index in [0.717, 1.165) is 0 Å². The lowest BCUT2D eigenvalue weighted by Gasteiger charge is -2.16. The molecule has 0 saturated carbocycles. The second kappa shape index (κ2) is 14.3. The first-order valence-corrected chi connectivity index (χ1v) is 9.12. The SMILES string of the molecule is CCOC(=O)CC(=O)CCl.CCOC(=O)CC(=O)CSC(C)(C)C. The normalized spacial score (nSPS) is 10.2. The zero-order valence-electron chi connectivity index (χ0n) is 15.0. The van der Waals surface area contributed by atoms with Gasteiger partial charge in [0.1, 0.15) is 12.8 Å². The molecule has 0 fully saturated rings. The predicted molar refractivity (Wildman–Crippen MR) is 95.4 cm³/mol. The van der Waals surface area contributed by atoms with Crippen molar-refractivity contribution in [3.05, 3.63) is 0 Å². The maximum absolute atomic E-state index is 11.3. The van der Waals surface area contributed by atoms with E-state index >= 15 is 0 Å². The molecule has 140 valence electrons. The van der Waals surface area contributed by atoms with Crippen LogP contribution < -0.4 is 0 Å². The minimum atomic E-state index is -0.506. The third kappa shape index (κ3) is 19.0. The van der Waals surface area contributed by atoms with E-state index in [1.807, 2.05) is 20.8 Å². The van der Waals surface area contributed by atoms with Crippen LogP contribution in [-0.4, -0.2) is 53.1 Å². The molecular weight excluding hydrogens is 356 g/mol. The van der Waals surface area contributed by atoms with Gasteiger partial charge < -0.3 is 9.47 Å². The summed E-state index contributed by atoms with van der Waals surface area (Å²) in [5.74, 6) is -1.05. The van der Waals surface area contributed by atoms with Gasteiger partial charge in [-0.2, -0.15) is 0 Å². The van der Waals surface area contributed by atoms with Gasteiger partial charge in [0.05, 0.1) is 24.8 Å². The van der Waals surface area contributed by atoms with Gasteiger partial charge in [0.25, 0.3) is 0 Å². The highest BCUT2D eigenvalue weighted by Gasteiger charge is 2.15. The predicted octanol–water partition coefficient (Wildman–Crippen LogP) is 2.79. The summed E-state index contributed by atoms with van der Waals surface area (Å²) >= 11 is 6.68. The Labute approximate surface area is 153 Å². The summed E-state index contributed by atoms with van der Waals surface area (Å²) < 4.78 is 9.23. The first-order valence-electron chi connectivity index (χ1n) is 7.60. The molecule has 0 rings (SSSR count). The fraction of sp³-hybridized carbons (Fsp3) is 0.750. The average molecular weight is 383 g/mol. The average Bonchev–Trinajstić information content (AvgIpc) is 2.45. The number of esters is 2. The highest BCUT2D eigenvalue weighted by Crippen LogP contribution is 2.23. The van der Waals surface area contributed by atoms with Crippen molar-refractivity contribution in [3.8, 4) is 0 Å². The lowest BCUT2D eigenvalue weighted by molar-refractivity contribution is -0.146. The highest BCUT2D eigenvalue weighted by atomic mass is 35.5. The van der Waals surface area contributed by atoms with Gasteiger partial charge in [-0.05, 0) is 13.8 Å². The Hall–Kier alpha value is -1.08. The highest BCUT2D eigenvalue weighted by molar-refractivity contribution is 8.01. The van der Waals surface area contributed by atoms with Crippen LogP contribution in [0.5, 0.6) is 0 Å². The fourth-order valence-electron chi connectivity index (χ4n) is 1.14. The van der Waals surface area contributed by atoms with Gasteiger partial charge in [-0.3, -0.25) is 19.2 Å². The van der Waals surface area contributed by atoms with Crippen LogP contribution in [0.25, 0.3) is 0 Å². The van der Waals surface area contributed by atoms with E-state index in [0.29, 0.717) is 19.0 Å². The minimum absolute atomic E-state index is 0.0598. The van der Waals surface area contributed by atoms with E-state index in [1.165, 1.54) is 0 Å². The monoisotopic (exact) mass is 382 g/mol. The van der Waals surface area contributed by atoms with Crippen LogP contribution in [0.2, 0.25) is 0 Å². The summed E-state index contributed by atoms with van der Waals surface area (Å²) in [7, 11) is 0. The maximum Gasteiger partial charge on any atom is 0.313 e. The maximum atomic E-state index is 11.3. The molecule has 0 saturated heterocycles. The number of ketones is 2. The van der Waals surface area contributed by atoms with E-state index in [9.17, 15) is 19.2 Å². The van der Waals surface area contributed by atoms with Crippen molar-refractivity contribution in [1.29, 1.82) is 0 Å². The standard InChI is InChI=1S/C10H18O3S.C6H9ClO3/c1-5-13-9(12)6-8(11)7-14-10(2,3)4;1-2-10-6(9)3-5(8)4-7/h5-7H2,1-4H3;2-4H2,1H3. The van der Waals surface area contributed by atoms with Crippen molar-refractivity contribution in [2.45, 2.75) is 52.2 Å². The first kappa shape index (κ1) is 25.2. The van der Waals surface area contributed by atoms with Crippen molar-refractivity contribution in [1.82, 2.24) is 0 Å². The molecule has 0 aliphatic rings. The Morgan fingerprint density at radius 3 is 1.62 bits per heavy atom. The van der Waals surface area contributed by atoms with Gasteiger partial charge in [-0.25, -0.2) is 0 Å². The molecule has 0 aliphatic heterocycles. The van der Waals surface area contributed by atoms with Gasteiger partial charge in [0.2, 0.25) is 0 Å². The van der Waals surface area contributed by atoms with E-state index in [1.54, 1.807) is 25.6 Å². The van der Waals surface area contributed by atoms with Crippen LogP contribution >= 0.6 is 23.4 Å². The van der Waals surface area contributed by atoms with Crippen molar-refractivity contribution in [3.63, 3.8) is 0 Å². The summed E-state index contributed by atoms with van der Waals surface area (Å²) in [5.41, 5.74) is 0. The fourth-order valence-corrected chi connectivity index (χ4v) is 1.93. The van der Waals surface area contributed by atoms with Crippen LogP contribution in [0.3, 0.4) is 0 Å². The lowest BCUT2D eigenvalue weighted by Crippen LogP contribution is -2.16. The molecule has 0 heterocycles. The summed E-state index contributed by atoms with van der Waals surface area (Å²) in [4.78, 5) is 43.2. The van der Waals surface area contributed by atoms with Crippen molar-refractivity contribution in [2.75, 3.05) is 24.8 Å². The Kier molecular flexibility index (Phi) is 15.0. The van der Waals surface area contributed by atoms with Gasteiger partial charge >= 0.3 is 11.9 Å². The lowest BCUT2D eigenvalue weighted by atomic mass is 10.3. The van der Waals surface area contributed by atoms with Crippen molar-refractivity contribution in [2.24, 2.45) is 0 Å². The number of rotatable bonds is 9. The summed E-state index contributed by atoms with van der Waals surface area (Å²) in [6.45, 7) is 10.2. The van der Waals surface area contributed by atoms with Gasteiger partial charge in [0, 0.05) is 4.75 Å². The van der Waals surface area contributed by atoms with Gasteiger partial charge in [-0.1, -0.05) is 20.8 Å². The Morgan fingerprint density at radius 2 is 1.29 bits per heavy atom. The Balaban J connectivity index is 0. The third-order valence-electron chi connectivity index (χ3n) is 2.11. The van der Waals surface area contributed by atoms with Crippen LogP contribution in [-0.2, 0) is 28.7 Å². The first-order chi connectivity index (χ1) is 11.1. The molecule has 0 aromatic carbocycles. The molecule has 0 radical (unpaired) electrons. The summed E-state index contributed by atoms with van der Waals surface area (Å²) in [6.07, 6.45) is -0.311. The molecule has 0 aliphatic carbocycles. The van der Waals surface area contributed by atoms with Gasteiger partial charge in [-0.15, -0.1) is 23.4 Å². The summed E-state index contributed by atoms with van der Waals surface area (Å²) in [5, 5.41) is 0. The van der Waals surface area contributed by atoms with Crippen molar-refractivity contribution < 1.29 is 28.7 Å². The number of carbonyl (C=O) groups is 4. The number of carbonyl (C=O) groups excluding carboxylic acids is 4. The third-order valence-corrected chi connectivity index (χ3v) is 3.74. The molecule has 0 atom stereocenters. The second-order valence-corrected chi connectivity index (χ2v) is 7.64. The molecule has 0 amide bonds. The quantitative estimate of drug-likeness (QED) is 0.344. The number of halogens is 1. The smallest absolute Gasteiger partial charge is 0.313 e. The largest absolute Gasteiger partial charge is 0.466 e. The molecule has 0 unspecified atom stereocenters. The van der Waals surface area contributed by atoms with Crippen LogP contribution in [0.1, 0.15) is 47.5 Å². The van der Waals surface area contributed by atoms with Crippen LogP contribution in [0.4, 0.5) is 0 Å². The molecular formula is C16H27ClO6S. The number of hydrogen-bond donors (Lipinski definition) is 0. The molecule has 0 spiro atoms. The number of hydrogen-bond acceptors (Lipinski definition) is 7. The number of alkyl halides is 1. The number of thioether (sulfide) groups is 1. The number of ether oxygens (including phenoxy) is 2. The molecule has 0 aromatic heterocycles. The van der Waals surface area contributed by atoms with Crippen LogP contribution in [0.15, 0.2) is 0 Å².